The van der Waals surface area contributed by atoms with Crippen molar-refractivity contribution >= 4 is 5.97 Å². The van der Waals surface area contributed by atoms with Gasteiger partial charge in [-0.3, -0.25) is 4.98 Å². The molecule has 0 unspecified atom stereocenters. The van der Waals surface area contributed by atoms with E-state index in [4.69, 9.17) is 5.11 Å². The Kier molecular flexibility index (Phi) is 4.85. The maximum atomic E-state index is 11.1. The van der Waals surface area contributed by atoms with E-state index in [1.165, 1.54) is 19.0 Å². The number of carbonyl (C=O) groups is 1. The summed E-state index contributed by atoms with van der Waals surface area (Å²) in [6.07, 6.45) is 6.19. The third-order valence-corrected chi connectivity index (χ3v) is 4.49. The van der Waals surface area contributed by atoms with E-state index >= 15 is 0 Å². The number of hydrogen-bond acceptors (Lipinski definition) is 5. The van der Waals surface area contributed by atoms with Crippen LogP contribution in [0.3, 0.4) is 0 Å². The molecule has 0 aliphatic carbocycles. The second-order valence-electron chi connectivity index (χ2n) is 6.53. The SMILES string of the molecule is Cc1cc(-c2cncc(C(=O)O)c2)nc(CC2CCN(C)CC2)n1. The topological polar surface area (TPSA) is 79.2 Å². The molecule has 6 nitrogen and oxygen atoms in total. The Labute approximate surface area is 141 Å². The highest BCUT2D eigenvalue weighted by molar-refractivity contribution is 5.88. The molecule has 0 aromatic carbocycles. The fourth-order valence-electron chi connectivity index (χ4n) is 3.09. The Hall–Kier alpha value is -2.34. The van der Waals surface area contributed by atoms with Gasteiger partial charge in [-0.15, -0.1) is 0 Å². The molecule has 126 valence electrons. The number of aromatic carboxylic acids is 1. The lowest BCUT2D eigenvalue weighted by Crippen LogP contribution is -2.31. The van der Waals surface area contributed by atoms with E-state index in [2.05, 4.69) is 26.9 Å². The average molecular weight is 326 g/mol. The van der Waals surface area contributed by atoms with Crippen molar-refractivity contribution in [2.24, 2.45) is 5.92 Å². The summed E-state index contributed by atoms with van der Waals surface area (Å²) in [6.45, 7) is 4.18. The first kappa shape index (κ1) is 16.5. The number of pyridine rings is 1. The van der Waals surface area contributed by atoms with Gasteiger partial charge in [-0.2, -0.15) is 0 Å². The number of aryl methyl sites for hydroxylation is 1. The molecule has 0 saturated carbocycles. The first-order valence-corrected chi connectivity index (χ1v) is 8.23. The van der Waals surface area contributed by atoms with E-state index < -0.39 is 5.97 Å². The molecule has 2 aromatic rings. The second kappa shape index (κ2) is 7.05. The van der Waals surface area contributed by atoms with Gasteiger partial charge in [0.2, 0.25) is 0 Å². The van der Waals surface area contributed by atoms with Crippen LogP contribution in [0.25, 0.3) is 11.3 Å². The van der Waals surface area contributed by atoms with E-state index in [-0.39, 0.29) is 5.56 Å². The molecule has 2 aromatic heterocycles. The highest BCUT2D eigenvalue weighted by atomic mass is 16.4. The van der Waals surface area contributed by atoms with Gasteiger partial charge in [0.05, 0.1) is 11.3 Å². The third kappa shape index (κ3) is 3.94. The summed E-state index contributed by atoms with van der Waals surface area (Å²) in [5, 5.41) is 9.13. The summed E-state index contributed by atoms with van der Waals surface area (Å²) in [7, 11) is 2.15. The van der Waals surface area contributed by atoms with Crippen molar-refractivity contribution in [3.8, 4) is 11.3 Å². The van der Waals surface area contributed by atoms with Gasteiger partial charge >= 0.3 is 5.97 Å². The second-order valence-corrected chi connectivity index (χ2v) is 6.53. The smallest absolute Gasteiger partial charge is 0.337 e. The maximum Gasteiger partial charge on any atom is 0.337 e. The summed E-state index contributed by atoms with van der Waals surface area (Å²) < 4.78 is 0. The van der Waals surface area contributed by atoms with E-state index in [1.54, 1.807) is 12.3 Å². The number of nitrogens with zero attached hydrogens (tertiary/aromatic N) is 4. The van der Waals surface area contributed by atoms with Crippen LogP contribution in [0, 0.1) is 12.8 Å². The van der Waals surface area contributed by atoms with Crippen molar-refractivity contribution in [3.05, 3.63) is 41.6 Å². The van der Waals surface area contributed by atoms with Crippen LogP contribution >= 0.6 is 0 Å². The number of carboxylic acid groups (broad SMARTS) is 1. The van der Waals surface area contributed by atoms with Crippen molar-refractivity contribution in [2.75, 3.05) is 20.1 Å². The van der Waals surface area contributed by atoms with Crippen molar-refractivity contribution < 1.29 is 9.90 Å². The van der Waals surface area contributed by atoms with E-state index in [0.717, 1.165) is 36.7 Å². The van der Waals surface area contributed by atoms with Crippen molar-refractivity contribution in [3.63, 3.8) is 0 Å². The minimum absolute atomic E-state index is 0.167. The largest absolute Gasteiger partial charge is 0.478 e. The van der Waals surface area contributed by atoms with Crippen LogP contribution < -0.4 is 0 Å². The Morgan fingerprint density at radius 2 is 2.00 bits per heavy atom. The number of rotatable bonds is 4. The molecule has 0 amide bonds. The molecular weight excluding hydrogens is 304 g/mol. The minimum atomic E-state index is -0.985. The van der Waals surface area contributed by atoms with Gasteiger partial charge in [0, 0.05) is 30.1 Å². The molecule has 24 heavy (non-hydrogen) atoms. The molecule has 0 atom stereocenters. The zero-order valence-electron chi connectivity index (χ0n) is 14.1. The molecule has 6 heteroatoms. The zero-order chi connectivity index (χ0) is 17.1. The Balaban J connectivity index is 1.83. The van der Waals surface area contributed by atoms with Crippen LogP contribution in [0.4, 0.5) is 0 Å². The van der Waals surface area contributed by atoms with Crippen LogP contribution in [0.2, 0.25) is 0 Å². The van der Waals surface area contributed by atoms with Crippen molar-refractivity contribution in [2.45, 2.75) is 26.2 Å². The Bertz CT molecular complexity index is 740. The van der Waals surface area contributed by atoms with Crippen molar-refractivity contribution in [1.29, 1.82) is 0 Å². The van der Waals surface area contributed by atoms with E-state index in [9.17, 15) is 4.79 Å². The van der Waals surface area contributed by atoms with Gasteiger partial charge in [-0.1, -0.05) is 0 Å². The van der Waals surface area contributed by atoms with E-state index in [0.29, 0.717) is 11.5 Å². The first-order chi connectivity index (χ1) is 11.5. The molecule has 1 fully saturated rings. The summed E-state index contributed by atoms with van der Waals surface area (Å²) in [5.41, 5.74) is 2.51. The zero-order valence-corrected chi connectivity index (χ0v) is 14.1. The monoisotopic (exact) mass is 326 g/mol. The van der Waals surface area contributed by atoms with Gasteiger partial charge in [0.15, 0.2) is 0 Å². The molecule has 3 heterocycles. The predicted molar refractivity (Wildman–Crippen MR) is 90.9 cm³/mol. The number of piperidine rings is 1. The molecule has 1 saturated heterocycles. The van der Waals surface area contributed by atoms with Gasteiger partial charge in [-0.05, 0) is 58.0 Å². The van der Waals surface area contributed by atoms with Crippen molar-refractivity contribution in [1.82, 2.24) is 19.9 Å². The van der Waals surface area contributed by atoms with Crippen LogP contribution in [-0.4, -0.2) is 51.1 Å². The summed E-state index contributed by atoms with van der Waals surface area (Å²) >= 11 is 0. The van der Waals surface area contributed by atoms with Gasteiger partial charge < -0.3 is 10.0 Å². The van der Waals surface area contributed by atoms with Crippen LogP contribution in [0.15, 0.2) is 24.5 Å². The quantitative estimate of drug-likeness (QED) is 0.929. The molecule has 0 spiro atoms. The minimum Gasteiger partial charge on any atom is -0.478 e. The van der Waals surface area contributed by atoms with Crippen LogP contribution in [0.1, 0.15) is 34.7 Å². The van der Waals surface area contributed by atoms with Crippen LogP contribution in [0.5, 0.6) is 0 Å². The fourth-order valence-corrected chi connectivity index (χ4v) is 3.09. The summed E-state index contributed by atoms with van der Waals surface area (Å²) in [6, 6.07) is 3.48. The number of aromatic nitrogens is 3. The number of likely N-dealkylation sites (tertiary alicyclic amines) is 1. The van der Waals surface area contributed by atoms with Gasteiger partial charge in [0.1, 0.15) is 5.82 Å². The highest BCUT2D eigenvalue weighted by Crippen LogP contribution is 2.22. The molecule has 0 radical (unpaired) electrons. The molecule has 3 rings (SSSR count). The lowest BCUT2D eigenvalue weighted by Gasteiger charge is -2.28. The molecule has 1 N–H and O–H groups in total. The molecular formula is C18H22N4O2. The Morgan fingerprint density at radius 1 is 1.25 bits per heavy atom. The number of carboxylic acids is 1. The molecule has 1 aliphatic rings. The van der Waals surface area contributed by atoms with E-state index in [1.807, 2.05) is 13.0 Å². The third-order valence-electron chi connectivity index (χ3n) is 4.49. The fraction of sp³-hybridized carbons (Fsp3) is 0.444. The maximum absolute atomic E-state index is 11.1. The van der Waals surface area contributed by atoms with Crippen LogP contribution in [-0.2, 0) is 6.42 Å². The molecule has 1 aliphatic heterocycles. The first-order valence-electron chi connectivity index (χ1n) is 8.23. The number of hydrogen-bond donors (Lipinski definition) is 1. The lowest BCUT2D eigenvalue weighted by atomic mass is 9.93. The van der Waals surface area contributed by atoms with Gasteiger partial charge in [0.25, 0.3) is 0 Å². The lowest BCUT2D eigenvalue weighted by molar-refractivity contribution is 0.0696. The summed E-state index contributed by atoms with van der Waals surface area (Å²) in [4.78, 5) is 26.7. The average Bonchev–Trinajstić information content (AvgIpc) is 2.56. The highest BCUT2D eigenvalue weighted by Gasteiger charge is 2.19. The summed E-state index contributed by atoms with van der Waals surface area (Å²) in [5.74, 6) is 0.460. The van der Waals surface area contributed by atoms with Gasteiger partial charge in [-0.25, -0.2) is 14.8 Å². The normalized spacial score (nSPS) is 16.2. The Morgan fingerprint density at radius 3 is 2.71 bits per heavy atom. The molecule has 0 bridgehead atoms. The predicted octanol–water partition coefficient (Wildman–Crippen LogP) is 2.43. The standard InChI is InChI=1S/C18H22N4O2/c1-12-7-16(14-9-15(18(23)24)11-19-10-14)21-17(20-12)8-13-3-5-22(2)6-4-13/h7,9-11,13H,3-6,8H2,1-2H3,(H,23,24).